The Morgan fingerprint density at radius 2 is 1.68 bits per heavy atom. The quantitative estimate of drug-likeness (QED) is 0.638. The van der Waals surface area contributed by atoms with Crippen LogP contribution in [0, 0.1) is 0 Å². The van der Waals surface area contributed by atoms with E-state index in [1.165, 1.54) is 0 Å². The van der Waals surface area contributed by atoms with Crippen molar-refractivity contribution in [2.24, 2.45) is 0 Å². The number of rotatable bonds is 8. The van der Waals surface area contributed by atoms with E-state index in [1.807, 2.05) is 42.5 Å². The van der Waals surface area contributed by atoms with Gasteiger partial charge in [-0.05, 0) is 60.2 Å². The summed E-state index contributed by atoms with van der Waals surface area (Å²) in [6.45, 7) is 4.15. The highest BCUT2D eigenvalue weighted by Gasteiger charge is 2.32. The Morgan fingerprint density at radius 1 is 0.964 bits per heavy atom. The van der Waals surface area contributed by atoms with Crippen LogP contribution < -0.4 is 19.5 Å². The summed E-state index contributed by atoms with van der Waals surface area (Å²) < 4.78 is 17.7. The molecule has 0 radical (unpaired) electrons. The fraction of sp³-hybridized carbons (Fsp3) is 0.350. The monoisotopic (exact) mass is 383 g/mol. The predicted molar refractivity (Wildman–Crippen MR) is 107 cm³/mol. The molecule has 0 saturated carbocycles. The molecular formula is C20H25N5O3. The van der Waals surface area contributed by atoms with Gasteiger partial charge in [0.25, 0.3) is 0 Å². The molecule has 28 heavy (non-hydrogen) atoms. The molecular weight excluding hydrogens is 358 g/mol. The molecule has 8 nitrogen and oxygen atoms in total. The van der Waals surface area contributed by atoms with Crippen molar-refractivity contribution in [3.8, 4) is 22.9 Å². The fourth-order valence-corrected chi connectivity index (χ4v) is 2.96. The lowest BCUT2D eigenvalue weighted by Crippen LogP contribution is -2.34. The van der Waals surface area contributed by atoms with Gasteiger partial charge in [-0.3, -0.25) is 0 Å². The van der Waals surface area contributed by atoms with Crippen molar-refractivity contribution in [2.75, 3.05) is 26.6 Å². The molecule has 1 aromatic heterocycles. The van der Waals surface area contributed by atoms with Crippen LogP contribution in [0.25, 0.3) is 5.69 Å². The van der Waals surface area contributed by atoms with Crippen molar-refractivity contribution < 1.29 is 14.2 Å². The normalized spacial score (nSPS) is 12.9. The maximum Gasteiger partial charge on any atom is 0.181 e. The topological polar surface area (TPSA) is 83.3 Å². The summed E-state index contributed by atoms with van der Waals surface area (Å²) in [6, 6.07) is 13.3. The lowest BCUT2D eigenvalue weighted by Gasteiger charge is -2.29. The first-order valence-corrected chi connectivity index (χ1v) is 8.98. The van der Waals surface area contributed by atoms with Gasteiger partial charge in [0.05, 0.1) is 32.6 Å². The highest BCUT2D eigenvalue weighted by atomic mass is 16.5. The third kappa shape index (κ3) is 3.71. The predicted octanol–water partition coefficient (Wildman–Crippen LogP) is 3.43. The molecule has 1 N–H and O–H groups in total. The highest BCUT2D eigenvalue weighted by Crippen LogP contribution is 2.34. The van der Waals surface area contributed by atoms with Gasteiger partial charge in [-0.25, -0.2) is 0 Å². The van der Waals surface area contributed by atoms with Crippen LogP contribution in [0.2, 0.25) is 0 Å². The molecule has 0 aliphatic heterocycles. The Morgan fingerprint density at radius 3 is 2.29 bits per heavy atom. The first-order chi connectivity index (χ1) is 13.5. The van der Waals surface area contributed by atoms with E-state index in [-0.39, 0.29) is 0 Å². The molecule has 0 saturated heterocycles. The molecule has 0 bridgehead atoms. The number of hydrogen-bond acceptors (Lipinski definition) is 7. The van der Waals surface area contributed by atoms with Crippen LogP contribution in [0.1, 0.15) is 26.1 Å². The second kappa shape index (κ2) is 8.16. The molecule has 3 rings (SSSR count). The zero-order valence-electron chi connectivity index (χ0n) is 16.8. The average molecular weight is 383 g/mol. The van der Waals surface area contributed by atoms with Crippen molar-refractivity contribution in [2.45, 2.75) is 25.8 Å². The minimum Gasteiger partial charge on any atom is -0.497 e. The summed E-state index contributed by atoms with van der Waals surface area (Å²) >= 11 is 0. The second-order valence-corrected chi connectivity index (χ2v) is 6.49. The Balaban J connectivity index is 1.95. The van der Waals surface area contributed by atoms with E-state index in [2.05, 4.69) is 34.7 Å². The molecule has 1 heterocycles. The summed E-state index contributed by atoms with van der Waals surface area (Å²) in [7, 11) is 4.87. The van der Waals surface area contributed by atoms with E-state index in [9.17, 15) is 0 Å². The van der Waals surface area contributed by atoms with Crippen LogP contribution in [0.3, 0.4) is 0 Å². The Hall–Kier alpha value is -3.29. The molecule has 8 heteroatoms. The molecule has 0 spiro atoms. The minimum atomic E-state index is -0.511. The smallest absolute Gasteiger partial charge is 0.181 e. The number of nitrogens with one attached hydrogen (secondary N) is 1. The van der Waals surface area contributed by atoms with Gasteiger partial charge >= 0.3 is 0 Å². The van der Waals surface area contributed by atoms with Crippen molar-refractivity contribution in [3.63, 3.8) is 0 Å². The molecule has 0 fully saturated rings. The first-order valence-electron chi connectivity index (χ1n) is 8.98. The zero-order valence-corrected chi connectivity index (χ0v) is 16.8. The number of methoxy groups -OCH3 is 3. The van der Waals surface area contributed by atoms with Gasteiger partial charge in [-0.1, -0.05) is 6.92 Å². The first kappa shape index (κ1) is 19.5. The van der Waals surface area contributed by atoms with E-state index in [4.69, 9.17) is 14.2 Å². The highest BCUT2D eigenvalue weighted by molar-refractivity contribution is 5.56. The standard InChI is InChI=1S/C20H25N5O3/c1-6-20(2,21-14-7-12-17(27-4)18(13-14)28-5)19-22-23-24-25(19)15-8-10-16(26-3)11-9-15/h7-13,21H,6H2,1-5H3/t20-/m1/s1. The number of ether oxygens (including phenoxy) is 3. The number of aromatic nitrogens is 4. The van der Waals surface area contributed by atoms with Crippen LogP contribution in [0.15, 0.2) is 42.5 Å². The summed E-state index contributed by atoms with van der Waals surface area (Å²) in [6.07, 6.45) is 0.762. The van der Waals surface area contributed by atoms with E-state index in [0.717, 1.165) is 23.5 Å². The average Bonchev–Trinajstić information content (AvgIpc) is 3.24. The van der Waals surface area contributed by atoms with Gasteiger partial charge in [0, 0.05) is 11.8 Å². The van der Waals surface area contributed by atoms with Crippen molar-refractivity contribution in [3.05, 3.63) is 48.3 Å². The fourth-order valence-electron chi connectivity index (χ4n) is 2.96. The summed E-state index contributed by atoms with van der Waals surface area (Å²) in [5.74, 6) is 2.81. The van der Waals surface area contributed by atoms with Crippen molar-refractivity contribution >= 4 is 5.69 Å². The molecule has 0 unspecified atom stereocenters. The van der Waals surface area contributed by atoms with E-state index < -0.39 is 5.54 Å². The van der Waals surface area contributed by atoms with E-state index >= 15 is 0 Å². The van der Waals surface area contributed by atoms with Crippen LogP contribution >= 0.6 is 0 Å². The Bertz CT molecular complexity index is 926. The number of anilines is 1. The second-order valence-electron chi connectivity index (χ2n) is 6.49. The van der Waals surface area contributed by atoms with Gasteiger partial charge in [0.15, 0.2) is 17.3 Å². The van der Waals surface area contributed by atoms with Gasteiger partial charge in [0.2, 0.25) is 0 Å². The minimum absolute atomic E-state index is 0.511. The zero-order chi connectivity index (χ0) is 20.1. The summed E-state index contributed by atoms with van der Waals surface area (Å²) in [5, 5.41) is 15.9. The number of benzene rings is 2. The van der Waals surface area contributed by atoms with Gasteiger partial charge in [0.1, 0.15) is 5.75 Å². The van der Waals surface area contributed by atoms with Crippen LogP contribution in [0.4, 0.5) is 5.69 Å². The molecule has 0 amide bonds. The number of nitrogens with zero attached hydrogens (tertiary/aromatic N) is 4. The number of tetrazole rings is 1. The molecule has 3 aromatic rings. The maximum atomic E-state index is 5.41. The lowest BCUT2D eigenvalue weighted by molar-refractivity contribution is 0.355. The van der Waals surface area contributed by atoms with Crippen molar-refractivity contribution in [1.29, 1.82) is 0 Å². The molecule has 1 atom stereocenters. The maximum absolute atomic E-state index is 5.41. The summed E-state index contributed by atoms with van der Waals surface area (Å²) in [4.78, 5) is 0. The number of hydrogen-bond donors (Lipinski definition) is 1. The third-order valence-electron chi connectivity index (χ3n) is 4.79. The molecule has 148 valence electrons. The van der Waals surface area contributed by atoms with E-state index in [1.54, 1.807) is 26.0 Å². The van der Waals surface area contributed by atoms with Crippen LogP contribution in [-0.2, 0) is 5.54 Å². The lowest BCUT2D eigenvalue weighted by atomic mass is 9.97. The SMILES string of the molecule is CC[C@@](C)(Nc1ccc(OC)c(OC)c1)c1nnnn1-c1ccc(OC)cc1. The largest absolute Gasteiger partial charge is 0.497 e. The van der Waals surface area contributed by atoms with Crippen LogP contribution in [-0.4, -0.2) is 41.5 Å². The van der Waals surface area contributed by atoms with Crippen LogP contribution in [0.5, 0.6) is 17.2 Å². The van der Waals surface area contributed by atoms with E-state index in [0.29, 0.717) is 17.3 Å². The Kier molecular flexibility index (Phi) is 5.67. The third-order valence-corrected chi connectivity index (χ3v) is 4.79. The van der Waals surface area contributed by atoms with Crippen molar-refractivity contribution in [1.82, 2.24) is 20.2 Å². The Labute approximate surface area is 164 Å². The molecule has 2 aromatic carbocycles. The summed E-state index contributed by atoms with van der Waals surface area (Å²) in [5.41, 5.74) is 1.23. The van der Waals surface area contributed by atoms with Gasteiger partial charge in [-0.15, -0.1) is 5.10 Å². The van der Waals surface area contributed by atoms with Gasteiger partial charge in [-0.2, -0.15) is 4.68 Å². The van der Waals surface area contributed by atoms with Gasteiger partial charge < -0.3 is 19.5 Å². The molecule has 0 aliphatic carbocycles. The molecule has 0 aliphatic rings.